The molecule has 0 amide bonds. The van der Waals surface area contributed by atoms with Crippen molar-refractivity contribution < 1.29 is 8.42 Å². The normalized spacial score (nSPS) is 44.7. The molecule has 2 bridgehead atoms. The van der Waals surface area contributed by atoms with E-state index in [1.54, 1.807) is 6.92 Å². The molecule has 3 nitrogen and oxygen atoms in total. The zero-order chi connectivity index (χ0) is 11.3. The van der Waals surface area contributed by atoms with E-state index >= 15 is 0 Å². The zero-order valence-corrected chi connectivity index (χ0v) is 10.7. The SMILES string of the molecule is CCS(=O)(=O)CCNC1C2C3CCC(C3)C12. The molecule has 0 aliphatic heterocycles. The van der Waals surface area contributed by atoms with Crippen molar-refractivity contribution in [1.29, 1.82) is 0 Å². The molecule has 3 fully saturated rings. The molecule has 3 saturated carbocycles. The molecule has 3 rings (SSSR count). The van der Waals surface area contributed by atoms with E-state index in [9.17, 15) is 8.42 Å². The Balaban J connectivity index is 1.46. The van der Waals surface area contributed by atoms with Crippen LogP contribution in [0.15, 0.2) is 0 Å². The summed E-state index contributed by atoms with van der Waals surface area (Å²) in [5, 5.41) is 3.47. The van der Waals surface area contributed by atoms with Crippen LogP contribution in [0.3, 0.4) is 0 Å². The molecular formula is C12H21NO2S. The van der Waals surface area contributed by atoms with Crippen LogP contribution >= 0.6 is 0 Å². The number of sulfone groups is 1. The van der Waals surface area contributed by atoms with Crippen molar-refractivity contribution in [3.05, 3.63) is 0 Å². The smallest absolute Gasteiger partial charge is 0.151 e. The molecule has 1 N–H and O–H groups in total. The molecule has 0 heterocycles. The minimum absolute atomic E-state index is 0.275. The van der Waals surface area contributed by atoms with Gasteiger partial charge in [0.2, 0.25) is 0 Å². The third-order valence-electron chi connectivity index (χ3n) is 4.97. The summed E-state index contributed by atoms with van der Waals surface area (Å²) in [4.78, 5) is 0. The van der Waals surface area contributed by atoms with E-state index in [1.165, 1.54) is 19.3 Å². The van der Waals surface area contributed by atoms with Crippen molar-refractivity contribution in [3.8, 4) is 0 Å². The fourth-order valence-corrected chi connectivity index (χ4v) is 4.84. The predicted molar refractivity (Wildman–Crippen MR) is 63.9 cm³/mol. The molecule has 0 aromatic heterocycles. The molecule has 92 valence electrons. The topological polar surface area (TPSA) is 46.2 Å². The predicted octanol–water partition coefficient (Wildman–Crippen LogP) is 1.06. The molecule has 4 unspecified atom stereocenters. The minimum Gasteiger partial charge on any atom is -0.312 e. The summed E-state index contributed by atoms with van der Waals surface area (Å²) in [6, 6.07) is 0.665. The third kappa shape index (κ3) is 1.70. The highest BCUT2D eigenvalue weighted by atomic mass is 32.2. The van der Waals surface area contributed by atoms with Gasteiger partial charge in [-0.25, -0.2) is 8.42 Å². The molecule has 0 aromatic carbocycles. The average Bonchev–Trinajstić information content (AvgIpc) is 2.68. The van der Waals surface area contributed by atoms with Gasteiger partial charge >= 0.3 is 0 Å². The summed E-state index contributed by atoms with van der Waals surface area (Å²) in [6.45, 7) is 2.38. The summed E-state index contributed by atoms with van der Waals surface area (Å²) in [6.07, 6.45) is 4.31. The maximum Gasteiger partial charge on any atom is 0.151 e. The molecule has 0 aromatic rings. The van der Waals surface area contributed by atoms with Crippen molar-refractivity contribution in [2.75, 3.05) is 18.1 Å². The Hall–Kier alpha value is -0.0900. The van der Waals surface area contributed by atoms with E-state index in [0.717, 1.165) is 23.7 Å². The Labute approximate surface area is 97.9 Å². The Morgan fingerprint density at radius 3 is 2.38 bits per heavy atom. The van der Waals surface area contributed by atoms with Gasteiger partial charge in [0.1, 0.15) is 0 Å². The zero-order valence-electron chi connectivity index (χ0n) is 9.85. The second kappa shape index (κ2) is 3.70. The highest BCUT2D eigenvalue weighted by molar-refractivity contribution is 7.91. The number of hydrogen-bond donors (Lipinski definition) is 1. The summed E-state index contributed by atoms with van der Waals surface area (Å²) >= 11 is 0. The lowest BCUT2D eigenvalue weighted by Crippen LogP contribution is -2.29. The van der Waals surface area contributed by atoms with Crippen molar-refractivity contribution in [2.24, 2.45) is 23.7 Å². The number of fused-ring (bicyclic) bond motifs is 5. The maximum atomic E-state index is 11.3. The molecule has 3 aliphatic rings. The number of nitrogens with one attached hydrogen (secondary N) is 1. The summed E-state index contributed by atoms with van der Waals surface area (Å²) in [7, 11) is -2.78. The maximum absolute atomic E-state index is 11.3. The molecule has 3 aliphatic carbocycles. The average molecular weight is 243 g/mol. The summed E-state index contributed by atoms with van der Waals surface area (Å²) in [5.74, 6) is 4.34. The van der Waals surface area contributed by atoms with Crippen LogP contribution in [-0.2, 0) is 9.84 Å². The van der Waals surface area contributed by atoms with Gasteiger partial charge in [-0.2, -0.15) is 0 Å². The Bertz CT molecular complexity index is 362. The molecule has 4 heteroatoms. The highest BCUT2D eigenvalue weighted by Crippen LogP contribution is 2.65. The van der Waals surface area contributed by atoms with E-state index in [-0.39, 0.29) is 5.75 Å². The first-order valence-corrected chi connectivity index (χ1v) is 8.38. The van der Waals surface area contributed by atoms with Crippen LogP contribution in [0.5, 0.6) is 0 Å². The molecular weight excluding hydrogens is 222 g/mol. The third-order valence-corrected chi connectivity index (χ3v) is 6.67. The standard InChI is InChI=1S/C12H21NO2S/c1-2-16(14,15)6-5-13-12-10-8-3-4-9(7-8)11(10)12/h8-13H,2-7H2,1H3. The van der Waals surface area contributed by atoms with E-state index in [0.29, 0.717) is 18.3 Å². The Kier molecular flexibility index (Phi) is 2.55. The van der Waals surface area contributed by atoms with Gasteiger partial charge in [-0.3, -0.25) is 0 Å². The quantitative estimate of drug-likeness (QED) is 0.785. The molecule has 4 atom stereocenters. The second-order valence-corrected chi connectivity index (χ2v) is 8.18. The van der Waals surface area contributed by atoms with Gasteiger partial charge in [-0.1, -0.05) is 6.92 Å². The molecule has 16 heavy (non-hydrogen) atoms. The monoisotopic (exact) mass is 243 g/mol. The van der Waals surface area contributed by atoms with Crippen LogP contribution < -0.4 is 5.32 Å². The van der Waals surface area contributed by atoms with Gasteiger partial charge in [0.15, 0.2) is 9.84 Å². The van der Waals surface area contributed by atoms with Gasteiger partial charge in [0.25, 0.3) is 0 Å². The van der Waals surface area contributed by atoms with Crippen LogP contribution in [0.1, 0.15) is 26.2 Å². The van der Waals surface area contributed by atoms with Crippen LogP contribution in [0, 0.1) is 23.7 Å². The highest BCUT2D eigenvalue weighted by Gasteiger charge is 2.64. The lowest BCUT2D eigenvalue weighted by molar-refractivity contribution is 0.456. The van der Waals surface area contributed by atoms with Gasteiger partial charge in [0, 0.05) is 18.3 Å². The van der Waals surface area contributed by atoms with E-state index in [4.69, 9.17) is 0 Å². The lowest BCUT2D eigenvalue weighted by Gasteiger charge is -2.10. The van der Waals surface area contributed by atoms with Crippen molar-refractivity contribution in [1.82, 2.24) is 5.32 Å². The molecule has 0 saturated heterocycles. The fraction of sp³-hybridized carbons (Fsp3) is 1.00. The number of hydrogen-bond acceptors (Lipinski definition) is 3. The van der Waals surface area contributed by atoms with E-state index in [2.05, 4.69) is 5.32 Å². The van der Waals surface area contributed by atoms with Crippen molar-refractivity contribution >= 4 is 9.84 Å². The van der Waals surface area contributed by atoms with Crippen molar-refractivity contribution in [3.63, 3.8) is 0 Å². The van der Waals surface area contributed by atoms with E-state index < -0.39 is 9.84 Å². The van der Waals surface area contributed by atoms with Crippen molar-refractivity contribution in [2.45, 2.75) is 32.2 Å². The molecule has 0 radical (unpaired) electrons. The second-order valence-electron chi connectivity index (χ2n) is 5.70. The first-order valence-electron chi connectivity index (χ1n) is 6.56. The Morgan fingerprint density at radius 2 is 1.81 bits per heavy atom. The van der Waals surface area contributed by atoms with Crippen LogP contribution in [0.4, 0.5) is 0 Å². The minimum atomic E-state index is -2.78. The van der Waals surface area contributed by atoms with Crippen LogP contribution in [-0.4, -0.2) is 32.5 Å². The van der Waals surface area contributed by atoms with Gasteiger partial charge in [-0.15, -0.1) is 0 Å². The fourth-order valence-electron chi connectivity index (χ4n) is 4.12. The summed E-state index contributed by atoms with van der Waals surface area (Å²) in [5.41, 5.74) is 0. The first kappa shape index (κ1) is 11.0. The van der Waals surface area contributed by atoms with Gasteiger partial charge in [-0.05, 0) is 42.9 Å². The molecule has 0 spiro atoms. The first-order chi connectivity index (χ1) is 7.62. The summed E-state index contributed by atoms with van der Waals surface area (Å²) < 4.78 is 22.7. The lowest BCUT2D eigenvalue weighted by atomic mass is 10.0. The van der Waals surface area contributed by atoms with Crippen LogP contribution in [0.2, 0.25) is 0 Å². The van der Waals surface area contributed by atoms with Gasteiger partial charge < -0.3 is 5.32 Å². The largest absolute Gasteiger partial charge is 0.312 e. The van der Waals surface area contributed by atoms with E-state index in [1.807, 2.05) is 0 Å². The number of rotatable bonds is 5. The van der Waals surface area contributed by atoms with Crippen LogP contribution in [0.25, 0.3) is 0 Å². The van der Waals surface area contributed by atoms with Gasteiger partial charge in [0.05, 0.1) is 5.75 Å². The Morgan fingerprint density at radius 1 is 1.19 bits per heavy atom.